The average Bonchev–Trinajstić information content (AvgIpc) is 3.26. The maximum absolute atomic E-state index is 13.4. The Morgan fingerprint density at radius 1 is 1.06 bits per heavy atom. The summed E-state index contributed by atoms with van der Waals surface area (Å²) in [6.07, 6.45) is 1.51. The summed E-state index contributed by atoms with van der Waals surface area (Å²) in [5.74, 6) is -0.969. The Morgan fingerprint density at radius 3 is 2.23 bits per heavy atom. The van der Waals surface area contributed by atoms with E-state index in [-0.39, 0.29) is 30.4 Å². The zero-order chi connectivity index (χ0) is 25.0. The van der Waals surface area contributed by atoms with Crippen molar-refractivity contribution in [1.29, 1.82) is 0 Å². The molecule has 2 fully saturated rings. The Hall–Kier alpha value is -3.35. The van der Waals surface area contributed by atoms with Gasteiger partial charge in [-0.15, -0.1) is 0 Å². The van der Waals surface area contributed by atoms with E-state index in [2.05, 4.69) is 29.6 Å². The fraction of sp³-hybridized carbons (Fsp3) is 0.464. The van der Waals surface area contributed by atoms with E-state index in [1.807, 2.05) is 24.3 Å². The summed E-state index contributed by atoms with van der Waals surface area (Å²) in [5, 5.41) is 12.6. The van der Waals surface area contributed by atoms with E-state index in [1.165, 1.54) is 16.0 Å². The number of nitrogens with one attached hydrogen (secondary N) is 1. The number of carbonyl (C=O) groups excluding carboxylic acids is 2. The molecule has 2 saturated carbocycles. The lowest BCUT2D eigenvalue weighted by atomic mass is 9.95. The number of rotatable bonds is 7. The lowest BCUT2D eigenvalue weighted by Gasteiger charge is -2.37. The van der Waals surface area contributed by atoms with Crippen molar-refractivity contribution in [3.8, 4) is 11.1 Å². The van der Waals surface area contributed by atoms with Gasteiger partial charge in [0.1, 0.15) is 12.1 Å². The van der Waals surface area contributed by atoms with E-state index < -0.39 is 23.0 Å². The summed E-state index contributed by atoms with van der Waals surface area (Å²) < 4.78 is 5.68. The van der Waals surface area contributed by atoms with Crippen molar-refractivity contribution in [1.82, 2.24) is 10.2 Å². The largest absolute Gasteiger partial charge is 0.480 e. The Bertz CT molecular complexity index is 1150. The summed E-state index contributed by atoms with van der Waals surface area (Å²) in [5.41, 5.74) is 2.84. The summed E-state index contributed by atoms with van der Waals surface area (Å²) in [6.45, 7) is 5.50. The van der Waals surface area contributed by atoms with Gasteiger partial charge in [-0.05, 0) is 68.2 Å². The highest BCUT2D eigenvalue weighted by atomic mass is 16.5. The number of ether oxygens (including phenoxy) is 1. The third kappa shape index (κ3) is 3.77. The van der Waals surface area contributed by atoms with Gasteiger partial charge in [-0.3, -0.25) is 4.79 Å². The first kappa shape index (κ1) is 23.4. The first-order valence-corrected chi connectivity index (χ1v) is 12.4. The number of nitrogens with zero attached hydrogens (tertiary/aromatic N) is 1. The highest BCUT2D eigenvalue weighted by Gasteiger charge is 2.67. The first-order chi connectivity index (χ1) is 16.7. The van der Waals surface area contributed by atoms with E-state index in [0.717, 1.165) is 17.5 Å². The van der Waals surface area contributed by atoms with Crippen molar-refractivity contribution in [2.24, 2.45) is 11.3 Å². The van der Waals surface area contributed by atoms with E-state index in [9.17, 15) is 19.5 Å². The summed E-state index contributed by atoms with van der Waals surface area (Å²) in [7, 11) is 0. The number of hydrogen-bond donors (Lipinski definition) is 2. The monoisotopic (exact) mass is 476 g/mol. The van der Waals surface area contributed by atoms with Gasteiger partial charge in [-0.2, -0.15) is 0 Å². The average molecular weight is 477 g/mol. The van der Waals surface area contributed by atoms with Crippen LogP contribution >= 0.6 is 0 Å². The molecule has 0 heterocycles. The molecule has 0 aliphatic heterocycles. The Balaban J connectivity index is 1.21. The van der Waals surface area contributed by atoms with Crippen LogP contribution < -0.4 is 5.32 Å². The lowest BCUT2D eigenvalue weighted by molar-refractivity contribution is -0.159. The smallest absolute Gasteiger partial charge is 0.407 e. The number of likely N-dealkylation sites (N-methyl/N-ethyl adjacent to an activating group) is 1. The van der Waals surface area contributed by atoms with E-state index in [1.54, 1.807) is 20.8 Å². The van der Waals surface area contributed by atoms with Gasteiger partial charge < -0.3 is 20.1 Å². The number of fused-ring (bicyclic) bond motifs is 4. The number of carboxylic acid groups (broad SMARTS) is 1. The van der Waals surface area contributed by atoms with Crippen molar-refractivity contribution < 1.29 is 24.2 Å². The Morgan fingerprint density at radius 2 is 1.66 bits per heavy atom. The third-order valence-electron chi connectivity index (χ3n) is 8.26. The molecule has 7 heteroatoms. The predicted molar refractivity (Wildman–Crippen MR) is 131 cm³/mol. The van der Waals surface area contributed by atoms with E-state index in [4.69, 9.17) is 4.74 Å². The molecule has 3 aliphatic rings. The maximum Gasteiger partial charge on any atom is 0.407 e. The SMILES string of the molecule is CCN(C(=O)[C@@]12C[C@@H](NC(=O)OCC3c4ccccc4-c4ccccc43)C[C@@H]1C2)C(C)(C)C(=O)O. The highest BCUT2D eigenvalue weighted by Crippen LogP contribution is 2.64. The second-order valence-electron chi connectivity index (χ2n) is 10.6. The fourth-order valence-corrected chi connectivity index (χ4v) is 6.25. The Labute approximate surface area is 205 Å². The highest BCUT2D eigenvalue weighted by molar-refractivity contribution is 5.92. The molecule has 0 aromatic heterocycles. The zero-order valence-electron chi connectivity index (χ0n) is 20.4. The minimum atomic E-state index is -1.27. The molecule has 2 aromatic carbocycles. The van der Waals surface area contributed by atoms with Gasteiger partial charge >= 0.3 is 12.1 Å². The predicted octanol–water partition coefficient (Wildman–Crippen LogP) is 4.41. The maximum atomic E-state index is 13.4. The molecule has 2 amide bonds. The molecule has 0 radical (unpaired) electrons. The van der Waals surface area contributed by atoms with Crippen LogP contribution in [0.1, 0.15) is 57.1 Å². The molecular formula is C28H32N2O5. The molecule has 2 aromatic rings. The van der Waals surface area contributed by atoms with Crippen molar-refractivity contribution in [2.75, 3.05) is 13.2 Å². The van der Waals surface area contributed by atoms with Gasteiger partial charge in [0.25, 0.3) is 0 Å². The minimum absolute atomic E-state index is 0.00517. The van der Waals surface area contributed by atoms with Crippen LogP contribution in [-0.2, 0) is 14.3 Å². The Kier molecular flexibility index (Phi) is 5.61. The second kappa shape index (κ2) is 8.40. The summed E-state index contributed by atoms with van der Waals surface area (Å²) >= 11 is 0. The van der Waals surface area contributed by atoms with Crippen molar-refractivity contribution in [2.45, 2.75) is 57.5 Å². The van der Waals surface area contributed by atoms with Crippen molar-refractivity contribution in [3.05, 3.63) is 59.7 Å². The fourth-order valence-electron chi connectivity index (χ4n) is 6.25. The molecule has 0 unspecified atom stereocenters. The van der Waals surface area contributed by atoms with Crippen LogP contribution in [0.2, 0.25) is 0 Å². The molecule has 3 atom stereocenters. The first-order valence-electron chi connectivity index (χ1n) is 12.4. The molecule has 3 aliphatic carbocycles. The topological polar surface area (TPSA) is 95.9 Å². The molecule has 0 saturated heterocycles. The molecule has 5 rings (SSSR count). The van der Waals surface area contributed by atoms with Crippen molar-refractivity contribution >= 4 is 18.0 Å². The number of hydrogen-bond acceptors (Lipinski definition) is 4. The number of carbonyl (C=O) groups is 3. The molecule has 35 heavy (non-hydrogen) atoms. The lowest BCUT2D eigenvalue weighted by Crippen LogP contribution is -2.55. The van der Waals surface area contributed by atoms with Crippen LogP contribution in [-0.4, -0.2) is 52.7 Å². The number of amides is 2. The van der Waals surface area contributed by atoms with Crippen LogP contribution in [0.5, 0.6) is 0 Å². The molecule has 2 N–H and O–H groups in total. The van der Waals surface area contributed by atoms with Gasteiger partial charge in [-0.25, -0.2) is 9.59 Å². The quantitative estimate of drug-likeness (QED) is 0.617. The van der Waals surface area contributed by atoms with E-state index in [0.29, 0.717) is 19.4 Å². The van der Waals surface area contributed by atoms with Crippen LogP contribution in [0, 0.1) is 11.3 Å². The summed E-state index contributed by atoms with van der Waals surface area (Å²) in [4.78, 5) is 39.3. The van der Waals surface area contributed by atoms with Crippen LogP contribution in [0.3, 0.4) is 0 Å². The van der Waals surface area contributed by atoms with Gasteiger partial charge in [0.05, 0.1) is 5.41 Å². The number of aliphatic carboxylic acids is 1. The van der Waals surface area contributed by atoms with Crippen LogP contribution in [0.25, 0.3) is 11.1 Å². The molecule has 184 valence electrons. The van der Waals surface area contributed by atoms with Crippen LogP contribution in [0.15, 0.2) is 48.5 Å². The molecule has 7 nitrogen and oxygen atoms in total. The van der Waals surface area contributed by atoms with Crippen molar-refractivity contribution in [3.63, 3.8) is 0 Å². The van der Waals surface area contributed by atoms with Gasteiger partial charge in [0.2, 0.25) is 5.91 Å². The number of benzene rings is 2. The standard InChI is InChI=1S/C28H32N2O5/c1-4-30(27(2,3)25(32)33)24(31)28-14-17(28)13-18(15-28)29-26(34)35-16-23-21-11-7-5-9-19(21)20-10-6-8-12-22(20)23/h5-12,17-18,23H,4,13-16H2,1-3H3,(H,29,34)(H,32,33)/t17-,18+,28+/m1/s1. The third-order valence-corrected chi connectivity index (χ3v) is 8.26. The molecule has 0 spiro atoms. The van der Waals surface area contributed by atoms with E-state index >= 15 is 0 Å². The van der Waals surface area contributed by atoms with Crippen LogP contribution in [0.4, 0.5) is 4.79 Å². The van der Waals surface area contributed by atoms with Gasteiger partial charge in [-0.1, -0.05) is 48.5 Å². The zero-order valence-corrected chi connectivity index (χ0v) is 20.4. The number of alkyl carbamates (subject to hydrolysis) is 1. The molecular weight excluding hydrogens is 444 g/mol. The van der Waals surface area contributed by atoms with Gasteiger partial charge in [0.15, 0.2) is 0 Å². The molecule has 0 bridgehead atoms. The normalized spacial score (nSPS) is 24.2. The number of carboxylic acids is 1. The second-order valence-corrected chi connectivity index (χ2v) is 10.6. The summed E-state index contributed by atoms with van der Waals surface area (Å²) in [6, 6.07) is 16.3. The minimum Gasteiger partial charge on any atom is -0.480 e. The van der Waals surface area contributed by atoms with Gasteiger partial charge in [0, 0.05) is 18.5 Å².